The van der Waals surface area contributed by atoms with Crippen molar-refractivity contribution in [2.24, 2.45) is 5.73 Å². The van der Waals surface area contributed by atoms with Gasteiger partial charge in [-0.3, -0.25) is 4.98 Å². The Bertz CT molecular complexity index is 549. The normalized spacial score (nSPS) is 16.1. The Hall–Kier alpha value is -1.29. The largest absolute Gasteiger partial charge is 0.493 e. The Morgan fingerprint density at radius 2 is 1.90 bits per heavy atom. The van der Waals surface area contributed by atoms with Gasteiger partial charge in [0, 0.05) is 23.9 Å². The summed E-state index contributed by atoms with van der Waals surface area (Å²) in [5.41, 5.74) is 9.35. The molecule has 0 saturated carbocycles. The lowest BCUT2D eigenvalue weighted by Gasteiger charge is -2.26. The molecule has 0 radical (unpaired) electrons. The molecule has 1 aromatic carbocycles. The number of benzene rings is 1. The Labute approximate surface area is 131 Å². The number of rotatable bonds is 2. The molecule has 1 atom stereocenters. The zero-order valence-electron chi connectivity index (χ0n) is 11.0. The van der Waals surface area contributed by atoms with Gasteiger partial charge in [-0.1, -0.05) is 18.2 Å². The number of aromatic nitrogens is 1. The average Bonchev–Trinajstić information content (AvgIpc) is 2.47. The van der Waals surface area contributed by atoms with Crippen molar-refractivity contribution in [3.8, 4) is 16.9 Å². The van der Waals surface area contributed by atoms with Gasteiger partial charge in [-0.25, -0.2) is 0 Å². The first-order valence-electron chi connectivity index (χ1n) is 6.26. The summed E-state index contributed by atoms with van der Waals surface area (Å²) in [6, 6.07) is 10.3. The first-order chi connectivity index (χ1) is 8.90. The van der Waals surface area contributed by atoms with Gasteiger partial charge in [-0.15, -0.1) is 24.8 Å². The van der Waals surface area contributed by atoms with Crippen LogP contribution in [0.1, 0.15) is 17.9 Å². The maximum Gasteiger partial charge on any atom is 0.130 e. The molecule has 0 bridgehead atoms. The molecule has 0 aliphatic carbocycles. The van der Waals surface area contributed by atoms with Crippen molar-refractivity contribution in [2.75, 3.05) is 13.2 Å². The van der Waals surface area contributed by atoms with E-state index < -0.39 is 0 Å². The van der Waals surface area contributed by atoms with E-state index in [4.69, 9.17) is 10.5 Å². The second-order valence-electron chi connectivity index (χ2n) is 4.53. The number of hydrogen-bond donors (Lipinski definition) is 1. The van der Waals surface area contributed by atoms with Crippen LogP contribution in [-0.4, -0.2) is 18.1 Å². The fraction of sp³-hybridized carbons (Fsp3) is 0.267. The summed E-state index contributed by atoms with van der Waals surface area (Å²) in [6.07, 6.45) is 4.61. The smallest absolute Gasteiger partial charge is 0.130 e. The number of para-hydroxylation sites is 1. The van der Waals surface area contributed by atoms with Gasteiger partial charge in [0.1, 0.15) is 5.75 Å². The van der Waals surface area contributed by atoms with Crippen molar-refractivity contribution in [1.82, 2.24) is 4.98 Å². The molecule has 5 heteroatoms. The molecule has 0 saturated heterocycles. The van der Waals surface area contributed by atoms with E-state index in [0.717, 1.165) is 29.9 Å². The van der Waals surface area contributed by atoms with Crippen molar-refractivity contribution in [2.45, 2.75) is 12.3 Å². The van der Waals surface area contributed by atoms with E-state index in [-0.39, 0.29) is 24.8 Å². The second kappa shape index (κ2) is 7.48. The Kier molecular flexibility index (Phi) is 6.27. The molecule has 1 aromatic heterocycles. The maximum absolute atomic E-state index is 5.87. The van der Waals surface area contributed by atoms with Crippen LogP contribution < -0.4 is 10.5 Å². The van der Waals surface area contributed by atoms with Crippen LogP contribution in [0.4, 0.5) is 0 Å². The summed E-state index contributed by atoms with van der Waals surface area (Å²) in [5.74, 6) is 1.40. The van der Waals surface area contributed by atoms with Gasteiger partial charge in [-0.05, 0) is 36.2 Å². The van der Waals surface area contributed by atoms with Crippen molar-refractivity contribution < 1.29 is 4.74 Å². The summed E-state index contributed by atoms with van der Waals surface area (Å²) >= 11 is 0. The molecule has 1 aliphatic rings. The zero-order valence-corrected chi connectivity index (χ0v) is 12.6. The number of fused-ring (bicyclic) bond motifs is 1. The molecule has 20 heavy (non-hydrogen) atoms. The van der Waals surface area contributed by atoms with Gasteiger partial charge in [0.05, 0.1) is 6.61 Å². The quantitative estimate of drug-likeness (QED) is 0.924. The lowest BCUT2D eigenvalue weighted by atomic mass is 9.90. The fourth-order valence-corrected chi connectivity index (χ4v) is 2.50. The Balaban J connectivity index is 0.000001000. The van der Waals surface area contributed by atoms with E-state index in [1.165, 1.54) is 5.56 Å². The van der Waals surface area contributed by atoms with Crippen LogP contribution in [0.15, 0.2) is 42.7 Å². The molecule has 2 aromatic rings. The van der Waals surface area contributed by atoms with Crippen LogP contribution in [0.25, 0.3) is 11.1 Å². The third-order valence-corrected chi connectivity index (χ3v) is 3.47. The van der Waals surface area contributed by atoms with E-state index in [1.54, 1.807) is 12.4 Å². The van der Waals surface area contributed by atoms with Crippen LogP contribution in [0.5, 0.6) is 5.75 Å². The highest BCUT2D eigenvalue weighted by Crippen LogP contribution is 2.40. The first kappa shape index (κ1) is 16.8. The van der Waals surface area contributed by atoms with Crippen LogP contribution in [0.3, 0.4) is 0 Å². The van der Waals surface area contributed by atoms with Crippen molar-refractivity contribution >= 4 is 24.8 Å². The first-order valence-corrected chi connectivity index (χ1v) is 6.26. The van der Waals surface area contributed by atoms with E-state index in [9.17, 15) is 0 Å². The molecule has 3 nitrogen and oxygen atoms in total. The van der Waals surface area contributed by atoms with Crippen molar-refractivity contribution in [1.29, 1.82) is 0 Å². The summed E-state index contributed by atoms with van der Waals surface area (Å²) in [5, 5.41) is 0. The highest BCUT2D eigenvalue weighted by molar-refractivity contribution is 5.85. The Morgan fingerprint density at radius 1 is 1.15 bits per heavy atom. The fourth-order valence-electron chi connectivity index (χ4n) is 2.50. The Morgan fingerprint density at radius 3 is 2.60 bits per heavy atom. The molecule has 0 unspecified atom stereocenters. The van der Waals surface area contributed by atoms with Gasteiger partial charge >= 0.3 is 0 Å². The molecular formula is C15H18Cl2N2O. The number of ether oxygens (including phenoxy) is 1. The number of nitrogens with zero attached hydrogens (tertiary/aromatic N) is 1. The summed E-state index contributed by atoms with van der Waals surface area (Å²) in [7, 11) is 0. The van der Waals surface area contributed by atoms with Gasteiger partial charge < -0.3 is 10.5 Å². The van der Waals surface area contributed by atoms with E-state index in [2.05, 4.69) is 23.2 Å². The number of pyridine rings is 1. The third kappa shape index (κ3) is 3.06. The van der Waals surface area contributed by atoms with E-state index in [0.29, 0.717) is 12.5 Å². The number of halogens is 2. The second-order valence-corrected chi connectivity index (χ2v) is 4.53. The minimum atomic E-state index is 0. The van der Waals surface area contributed by atoms with Gasteiger partial charge in [0.25, 0.3) is 0 Å². The predicted molar refractivity (Wildman–Crippen MR) is 86.1 cm³/mol. The maximum atomic E-state index is 5.87. The summed E-state index contributed by atoms with van der Waals surface area (Å²) in [4.78, 5) is 4.05. The number of nitrogens with two attached hydrogens (primary N) is 1. The highest BCUT2D eigenvalue weighted by atomic mass is 35.5. The van der Waals surface area contributed by atoms with Gasteiger partial charge in [0.2, 0.25) is 0 Å². The summed E-state index contributed by atoms with van der Waals surface area (Å²) < 4.78 is 5.87. The standard InChI is InChI=1S/C15H16N2O.2ClH/c16-10-12-6-9-18-15-13(2-1-3-14(12)15)11-4-7-17-8-5-11;;/h1-5,7-8,12H,6,9-10,16H2;2*1H/t12-;;/m1../s1. The minimum absolute atomic E-state index is 0. The van der Waals surface area contributed by atoms with Crippen LogP contribution >= 0.6 is 24.8 Å². The highest BCUT2D eigenvalue weighted by Gasteiger charge is 2.22. The molecule has 3 rings (SSSR count). The molecular weight excluding hydrogens is 295 g/mol. The lowest BCUT2D eigenvalue weighted by Crippen LogP contribution is -2.21. The average molecular weight is 313 g/mol. The van der Waals surface area contributed by atoms with E-state index in [1.807, 2.05) is 12.1 Å². The van der Waals surface area contributed by atoms with Crippen LogP contribution in [-0.2, 0) is 0 Å². The third-order valence-electron chi connectivity index (χ3n) is 3.47. The number of hydrogen-bond acceptors (Lipinski definition) is 3. The molecule has 1 aliphatic heterocycles. The van der Waals surface area contributed by atoms with Gasteiger partial charge in [0.15, 0.2) is 0 Å². The molecule has 108 valence electrons. The van der Waals surface area contributed by atoms with E-state index >= 15 is 0 Å². The van der Waals surface area contributed by atoms with Gasteiger partial charge in [-0.2, -0.15) is 0 Å². The molecule has 0 amide bonds. The molecule has 0 spiro atoms. The lowest BCUT2D eigenvalue weighted by molar-refractivity contribution is 0.270. The monoisotopic (exact) mass is 312 g/mol. The molecule has 2 heterocycles. The molecule has 2 N–H and O–H groups in total. The predicted octanol–water partition coefficient (Wildman–Crippen LogP) is 3.42. The van der Waals surface area contributed by atoms with Crippen LogP contribution in [0.2, 0.25) is 0 Å². The topological polar surface area (TPSA) is 48.1 Å². The van der Waals surface area contributed by atoms with Crippen LogP contribution in [0, 0.1) is 0 Å². The SMILES string of the molecule is Cl.Cl.NC[C@H]1CCOc2c(-c3ccncc3)cccc21. The summed E-state index contributed by atoms with van der Waals surface area (Å²) in [6.45, 7) is 1.42. The molecule has 0 fully saturated rings. The minimum Gasteiger partial charge on any atom is -0.493 e. The van der Waals surface area contributed by atoms with Crippen molar-refractivity contribution in [3.63, 3.8) is 0 Å². The zero-order chi connectivity index (χ0) is 12.4. The van der Waals surface area contributed by atoms with Crippen molar-refractivity contribution in [3.05, 3.63) is 48.3 Å².